The molecule has 0 aromatic heterocycles. The highest BCUT2D eigenvalue weighted by atomic mass is 28.3. The number of esters is 1. The average molecular weight is 186 g/mol. The number of carbonyl (C=O) groups excluding carboxylic acids is 1. The quantitative estimate of drug-likeness (QED) is 0.373. The zero-order valence-corrected chi connectivity index (χ0v) is 9.32. The first-order chi connectivity index (χ1) is 5.56. The van der Waals surface area contributed by atoms with E-state index in [1.807, 2.05) is 6.92 Å². The summed E-state index contributed by atoms with van der Waals surface area (Å²) in [6, 6.07) is 1.23. The number of rotatable bonds is 5. The Morgan fingerprint density at radius 2 is 2.25 bits per heavy atom. The first-order valence-corrected chi connectivity index (χ1v) is 7.52. The first kappa shape index (κ1) is 11.4. The lowest BCUT2D eigenvalue weighted by Gasteiger charge is -2.12. The van der Waals surface area contributed by atoms with Gasteiger partial charge in [-0.1, -0.05) is 25.7 Å². The Kier molecular flexibility index (Phi) is 5.71. The van der Waals surface area contributed by atoms with Crippen LogP contribution in [-0.2, 0) is 9.53 Å². The van der Waals surface area contributed by atoms with E-state index < -0.39 is 8.80 Å². The molecule has 0 aliphatic carbocycles. The van der Waals surface area contributed by atoms with Gasteiger partial charge in [0.2, 0.25) is 0 Å². The molecular formula is C9H18O2Si. The Labute approximate surface area is 76.2 Å². The SMILES string of the molecule is C=CC(=O)OC(C)CC[SiH](C)C. The minimum Gasteiger partial charge on any atom is -0.460 e. The normalized spacial score (nSPS) is 12.7. The number of carbonyl (C=O) groups is 1. The van der Waals surface area contributed by atoms with E-state index in [9.17, 15) is 4.79 Å². The van der Waals surface area contributed by atoms with Crippen LogP contribution in [0.5, 0.6) is 0 Å². The molecular weight excluding hydrogens is 168 g/mol. The van der Waals surface area contributed by atoms with Gasteiger partial charge in [-0.25, -0.2) is 4.79 Å². The maximum absolute atomic E-state index is 10.7. The molecule has 0 aliphatic heterocycles. The van der Waals surface area contributed by atoms with Crippen LogP contribution in [0.3, 0.4) is 0 Å². The van der Waals surface area contributed by atoms with Crippen molar-refractivity contribution < 1.29 is 9.53 Å². The first-order valence-electron chi connectivity index (χ1n) is 4.39. The van der Waals surface area contributed by atoms with Gasteiger partial charge in [0.15, 0.2) is 0 Å². The predicted molar refractivity (Wildman–Crippen MR) is 54.1 cm³/mol. The van der Waals surface area contributed by atoms with Gasteiger partial charge in [-0.05, 0) is 13.3 Å². The van der Waals surface area contributed by atoms with Crippen molar-refractivity contribution in [1.82, 2.24) is 0 Å². The van der Waals surface area contributed by atoms with E-state index in [4.69, 9.17) is 4.74 Å². The van der Waals surface area contributed by atoms with E-state index >= 15 is 0 Å². The van der Waals surface area contributed by atoms with Crippen LogP contribution in [0, 0.1) is 0 Å². The summed E-state index contributed by atoms with van der Waals surface area (Å²) < 4.78 is 5.02. The maximum atomic E-state index is 10.7. The smallest absolute Gasteiger partial charge is 0.330 e. The lowest BCUT2D eigenvalue weighted by Crippen LogP contribution is -2.14. The summed E-state index contributed by atoms with van der Waals surface area (Å²) >= 11 is 0. The Hall–Kier alpha value is -0.573. The van der Waals surface area contributed by atoms with Gasteiger partial charge in [-0.2, -0.15) is 0 Å². The van der Waals surface area contributed by atoms with Gasteiger partial charge in [-0.3, -0.25) is 0 Å². The van der Waals surface area contributed by atoms with Crippen LogP contribution in [0.15, 0.2) is 12.7 Å². The van der Waals surface area contributed by atoms with Crippen molar-refractivity contribution in [2.24, 2.45) is 0 Å². The third-order valence-corrected chi connectivity index (χ3v) is 3.12. The summed E-state index contributed by atoms with van der Waals surface area (Å²) in [5.74, 6) is -0.312. The Morgan fingerprint density at radius 1 is 1.67 bits per heavy atom. The van der Waals surface area contributed by atoms with Crippen molar-refractivity contribution in [3.8, 4) is 0 Å². The van der Waals surface area contributed by atoms with Crippen LogP contribution in [0.4, 0.5) is 0 Å². The van der Waals surface area contributed by atoms with E-state index in [2.05, 4.69) is 19.7 Å². The van der Waals surface area contributed by atoms with Crippen LogP contribution < -0.4 is 0 Å². The highest BCUT2D eigenvalue weighted by Crippen LogP contribution is 2.05. The number of ether oxygens (including phenoxy) is 1. The zero-order chi connectivity index (χ0) is 9.56. The molecule has 0 fully saturated rings. The van der Waals surface area contributed by atoms with Crippen molar-refractivity contribution in [3.63, 3.8) is 0 Å². The maximum Gasteiger partial charge on any atom is 0.330 e. The summed E-state index contributed by atoms with van der Waals surface area (Å²) in [4.78, 5) is 10.7. The number of hydrogen-bond donors (Lipinski definition) is 0. The minimum atomic E-state index is -0.498. The fourth-order valence-electron chi connectivity index (χ4n) is 0.873. The molecule has 0 aliphatic rings. The van der Waals surface area contributed by atoms with Crippen molar-refractivity contribution in [2.75, 3.05) is 0 Å². The van der Waals surface area contributed by atoms with E-state index in [1.54, 1.807) is 0 Å². The molecule has 0 heterocycles. The molecule has 0 aromatic rings. The van der Waals surface area contributed by atoms with Gasteiger partial charge < -0.3 is 4.74 Å². The molecule has 0 saturated heterocycles. The molecule has 0 bridgehead atoms. The fourth-order valence-corrected chi connectivity index (χ4v) is 2.01. The summed E-state index contributed by atoms with van der Waals surface area (Å²) in [5, 5.41) is 0. The van der Waals surface area contributed by atoms with Gasteiger partial charge in [0.05, 0.1) is 6.10 Å². The number of hydrogen-bond acceptors (Lipinski definition) is 2. The zero-order valence-electron chi connectivity index (χ0n) is 8.17. The Balaban J connectivity index is 3.52. The topological polar surface area (TPSA) is 26.3 Å². The molecule has 1 unspecified atom stereocenters. The highest BCUT2D eigenvalue weighted by molar-refractivity contribution is 6.55. The predicted octanol–water partition coefficient (Wildman–Crippen LogP) is 1.98. The minimum absolute atomic E-state index is 0.0467. The van der Waals surface area contributed by atoms with E-state index in [-0.39, 0.29) is 12.1 Å². The molecule has 1 atom stereocenters. The second-order valence-electron chi connectivity index (χ2n) is 3.42. The molecule has 0 N–H and O–H groups in total. The molecule has 2 nitrogen and oxygen atoms in total. The molecule has 0 aromatic carbocycles. The van der Waals surface area contributed by atoms with Crippen molar-refractivity contribution >= 4 is 14.8 Å². The van der Waals surface area contributed by atoms with Gasteiger partial charge >= 0.3 is 5.97 Å². The molecule has 3 heteroatoms. The molecule has 0 amide bonds. The standard InChI is InChI=1S/C9H18O2Si/c1-5-9(10)11-8(2)6-7-12(3)4/h5,8,12H,1,6-7H2,2-4H3. The second kappa shape index (κ2) is 6.00. The largest absolute Gasteiger partial charge is 0.460 e. The Morgan fingerprint density at radius 3 is 2.67 bits per heavy atom. The lowest BCUT2D eigenvalue weighted by molar-refractivity contribution is -0.142. The molecule has 0 rings (SSSR count). The Bertz CT molecular complexity index is 155. The van der Waals surface area contributed by atoms with Crippen molar-refractivity contribution in [3.05, 3.63) is 12.7 Å². The van der Waals surface area contributed by atoms with E-state index in [0.717, 1.165) is 6.42 Å². The molecule has 0 radical (unpaired) electrons. The van der Waals surface area contributed by atoms with Crippen LogP contribution in [0.1, 0.15) is 13.3 Å². The van der Waals surface area contributed by atoms with Gasteiger partial charge in [0.25, 0.3) is 0 Å². The van der Waals surface area contributed by atoms with Crippen LogP contribution in [0.25, 0.3) is 0 Å². The van der Waals surface area contributed by atoms with Crippen LogP contribution in [-0.4, -0.2) is 20.9 Å². The molecule has 12 heavy (non-hydrogen) atoms. The van der Waals surface area contributed by atoms with Gasteiger partial charge in [-0.15, -0.1) is 0 Å². The van der Waals surface area contributed by atoms with Gasteiger partial charge in [0, 0.05) is 14.9 Å². The second-order valence-corrected chi connectivity index (χ2v) is 6.79. The average Bonchev–Trinajstić information content (AvgIpc) is 2.00. The summed E-state index contributed by atoms with van der Waals surface area (Å²) in [5.41, 5.74) is 0. The summed E-state index contributed by atoms with van der Waals surface area (Å²) in [6.07, 6.45) is 2.25. The highest BCUT2D eigenvalue weighted by Gasteiger charge is 2.07. The van der Waals surface area contributed by atoms with Gasteiger partial charge in [0.1, 0.15) is 0 Å². The monoisotopic (exact) mass is 186 g/mol. The van der Waals surface area contributed by atoms with Crippen molar-refractivity contribution in [2.45, 2.75) is 38.6 Å². The van der Waals surface area contributed by atoms with Crippen LogP contribution >= 0.6 is 0 Å². The summed E-state index contributed by atoms with van der Waals surface area (Å²) in [7, 11) is -0.498. The van der Waals surface area contributed by atoms with E-state index in [0.29, 0.717) is 0 Å². The van der Waals surface area contributed by atoms with E-state index in [1.165, 1.54) is 12.1 Å². The lowest BCUT2D eigenvalue weighted by atomic mass is 10.3. The molecule has 70 valence electrons. The third kappa shape index (κ3) is 6.16. The third-order valence-electron chi connectivity index (χ3n) is 1.63. The molecule has 0 spiro atoms. The van der Waals surface area contributed by atoms with Crippen LogP contribution in [0.2, 0.25) is 19.1 Å². The fraction of sp³-hybridized carbons (Fsp3) is 0.667. The molecule has 0 saturated carbocycles. The van der Waals surface area contributed by atoms with Crippen molar-refractivity contribution in [1.29, 1.82) is 0 Å². The summed E-state index contributed by atoms with van der Waals surface area (Å²) in [6.45, 7) is 9.86.